The molecule has 2 aromatic carbocycles. The molecule has 0 aromatic heterocycles. The van der Waals surface area contributed by atoms with Gasteiger partial charge in [0.1, 0.15) is 11.5 Å². The van der Waals surface area contributed by atoms with E-state index < -0.39 is 12.5 Å². The number of hydrogen-bond acceptors (Lipinski definition) is 4. The molecule has 2 N–H and O–H groups in total. The first-order chi connectivity index (χ1) is 12.9. The number of hydrogen-bond donors (Lipinski definition) is 2. The molecule has 0 spiro atoms. The van der Waals surface area contributed by atoms with E-state index in [1.165, 1.54) is 32.3 Å². The molecule has 2 rings (SSSR count). The Bertz CT molecular complexity index is 853. The van der Waals surface area contributed by atoms with E-state index in [1.54, 1.807) is 36.4 Å². The zero-order valence-corrected chi connectivity index (χ0v) is 14.7. The molecule has 0 bridgehead atoms. The quantitative estimate of drug-likeness (QED) is 0.719. The number of anilines is 2. The molecule has 0 radical (unpaired) electrons. The van der Waals surface area contributed by atoms with Crippen LogP contribution in [0.1, 0.15) is 12.5 Å². The van der Waals surface area contributed by atoms with Gasteiger partial charge in [-0.3, -0.25) is 9.59 Å². The van der Waals surface area contributed by atoms with Gasteiger partial charge in [-0.1, -0.05) is 18.2 Å². The summed E-state index contributed by atoms with van der Waals surface area (Å²) in [6.07, 6.45) is 2.56. The second-order valence-corrected chi connectivity index (χ2v) is 5.34. The lowest BCUT2D eigenvalue weighted by atomic mass is 10.2. The van der Waals surface area contributed by atoms with Gasteiger partial charge in [-0.2, -0.15) is 8.78 Å². The smallest absolute Gasteiger partial charge is 0.387 e. The molecule has 0 fully saturated rings. The number of amides is 2. The Morgan fingerprint density at radius 1 is 1.07 bits per heavy atom. The van der Waals surface area contributed by atoms with Crippen molar-refractivity contribution >= 4 is 29.3 Å². The van der Waals surface area contributed by atoms with Crippen molar-refractivity contribution in [3.63, 3.8) is 0 Å². The number of methoxy groups -OCH3 is 1. The minimum atomic E-state index is -2.96. The molecule has 2 aromatic rings. The minimum Gasteiger partial charge on any atom is -0.495 e. The van der Waals surface area contributed by atoms with Crippen LogP contribution in [0.5, 0.6) is 11.5 Å². The second kappa shape index (κ2) is 9.33. The largest absolute Gasteiger partial charge is 0.495 e. The summed E-state index contributed by atoms with van der Waals surface area (Å²) < 4.78 is 34.4. The summed E-state index contributed by atoms with van der Waals surface area (Å²) >= 11 is 0. The Morgan fingerprint density at radius 2 is 1.81 bits per heavy atom. The fourth-order valence-electron chi connectivity index (χ4n) is 2.24. The highest BCUT2D eigenvalue weighted by atomic mass is 19.3. The predicted molar refractivity (Wildman–Crippen MR) is 98.0 cm³/mol. The van der Waals surface area contributed by atoms with Gasteiger partial charge < -0.3 is 20.1 Å². The maximum atomic E-state index is 12.4. The van der Waals surface area contributed by atoms with E-state index >= 15 is 0 Å². The summed E-state index contributed by atoms with van der Waals surface area (Å²) in [5, 5.41) is 5.22. The maximum absolute atomic E-state index is 12.4. The number of carbonyl (C=O) groups is 2. The summed E-state index contributed by atoms with van der Waals surface area (Å²) in [6.45, 7) is -1.60. The Labute approximate surface area is 154 Å². The molecular formula is C19H18F2N2O4. The van der Waals surface area contributed by atoms with Crippen molar-refractivity contribution in [1.29, 1.82) is 0 Å². The van der Waals surface area contributed by atoms with Gasteiger partial charge in [-0.05, 0) is 30.3 Å². The monoisotopic (exact) mass is 376 g/mol. The highest BCUT2D eigenvalue weighted by Crippen LogP contribution is 2.28. The molecule has 0 saturated heterocycles. The number of alkyl halides is 2. The number of para-hydroxylation sites is 1. The molecular weight excluding hydrogens is 358 g/mol. The third-order valence-corrected chi connectivity index (χ3v) is 3.33. The zero-order chi connectivity index (χ0) is 19.8. The van der Waals surface area contributed by atoms with Crippen LogP contribution in [0.4, 0.5) is 20.2 Å². The molecule has 0 heterocycles. The van der Waals surface area contributed by atoms with Crippen molar-refractivity contribution < 1.29 is 27.8 Å². The van der Waals surface area contributed by atoms with Gasteiger partial charge >= 0.3 is 6.61 Å². The lowest BCUT2D eigenvalue weighted by Gasteiger charge is -2.11. The number of rotatable bonds is 7. The summed E-state index contributed by atoms with van der Waals surface area (Å²) in [5.74, 6) is -0.362. The van der Waals surface area contributed by atoms with Crippen LogP contribution in [-0.2, 0) is 9.59 Å². The number of ether oxygens (including phenoxy) is 2. The molecule has 2 amide bonds. The van der Waals surface area contributed by atoms with E-state index in [1.807, 2.05) is 0 Å². The Morgan fingerprint density at radius 3 is 2.48 bits per heavy atom. The van der Waals surface area contributed by atoms with Gasteiger partial charge in [0, 0.05) is 24.3 Å². The molecule has 0 aliphatic heterocycles. The molecule has 6 nitrogen and oxygen atoms in total. The second-order valence-electron chi connectivity index (χ2n) is 5.34. The van der Waals surface area contributed by atoms with Gasteiger partial charge in [0.25, 0.3) is 0 Å². The van der Waals surface area contributed by atoms with Gasteiger partial charge in [0.05, 0.1) is 12.8 Å². The van der Waals surface area contributed by atoms with Crippen molar-refractivity contribution in [1.82, 2.24) is 0 Å². The van der Waals surface area contributed by atoms with Crippen LogP contribution >= 0.6 is 0 Å². The SMILES string of the molecule is COc1ccc(NC(=O)/C=C/c2ccccc2OC(F)F)cc1NC(C)=O. The number of benzene rings is 2. The summed E-state index contributed by atoms with van der Waals surface area (Å²) in [5.41, 5.74) is 1.16. The van der Waals surface area contributed by atoms with Crippen LogP contribution in [0.25, 0.3) is 6.08 Å². The van der Waals surface area contributed by atoms with Crippen molar-refractivity contribution in [2.45, 2.75) is 13.5 Å². The predicted octanol–water partition coefficient (Wildman–Crippen LogP) is 3.91. The fraction of sp³-hybridized carbons (Fsp3) is 0.158. The number of halogens is 2. The van der Waals surface area contributed by atoms with Crippen LogP contribution < -0.4 is 20.1 Å². The van der Waals surface area contributed by atoms with Crippen molar-refractivity contribution in [3.05, 3.63) is 54.1 Å². The standard InChI is InChI=1S/C19H18F2N2O4/c1-12(24)22-15-11-14(8-9-17(15)26-2)23-18(25)10-7-13-5-3-4-6-16(13)27-19(20)21/h3-11,19H,1-2H3,(H,22,24)(H,23,25)/b10-7+. The normalized spacial score (nSPS) is 10.7. The van der Waals surface area contributed by atoms with E-state index in [0.29, 0.717) is 22.7 Å². The highest BCUT2D eigenvalue weighted by Gasteiger charge is 2.09. The van der Waals surface area contributed by atoms with E-state index in [-0.39, 0.29) is 11.7 Å². The molecule has 0 aliphatic rings. The van der Waals surface area contributed by atoms with Crippen LogP contribution in [0.3, 0.4) is 0 Å². The van der Waals surface area contributed by atoms with Crippen LogP contribution in [0, 0.1) is 0 Å². The van der Waals surface area contributed by atoms with Gasteiger partial charge in [0.2, 0.25) is 11.8 Å². The van der Waals surface area contributed by atoms with E-state index in [0.717, 1.165) is 0 Å². The lowest BCUT2D eigenvalue weighted by molar-refractivity contribution is -0.114. The summed E-state index contributed by atoms with van der Waals surface area (Å²) in [7, 11) is 1.46. The van der Waals surface area contributed by atoms with E-state index in [9.17, 15) is 18.4 Å². The summed E-state index contributed by atoms with van der Waals surface area (Å²) in [6, 6.07) is 10.9. The maximum Gasteiger partial charge on any atom is 0.387 e. The Hall–Kier alpha value is -3.42. The topological polar surface area (TPSA) is 76.7 Å². The third-order valence-electron chi connectivity index (χ3n) is 3.33. The third kappa shape index (κ3) is 6.10. The van der Waals surface area contributed by atoms with Crippen molar-refractivity contribution in [3.8, 4) is 11.5 Å². The average Bonchev–Trinajstić information content (AvgIpc) is 2.60. The molecule has 0 unspecified atom stereocenters. The van der Waals surface area contributed by atoms with E-state index in [2.05, 4.69) is 15.4 Å². The Kier molecular flexibility index (Phi) is 6.87. The van der Waals surface area contributed by atoms with Gasteiger partial charge in [0.15, 0.2) is 0 Å². The average molecular weight is 376 g/mol. The first-order valence-electron chi connectivity index (χ1n) is 7.87. The number of carbonyl (C=O) groups excluding carboxylic acids is 2. The molecule has 142 valence electrons. The van der Waals surface area contributed by atoms with Crippen LogP contribution in [0.15, 0.2) is 48.5 Å². The minimum absolute atomic E-state index is 0.0334. The fourth-order valence-corrected chi connectivity index (χ4v) is 2.24. The molecule has 0 aliphatic carbocycles. The molecule has 27 heavy (non-hydrogen) atoms. The van der Waals surface area contributed by atoms with E-state index in [4.69, 9.17) is 4.74 Å². The van der Waals surface area contributed by atoms with Crippen molar-refractivity contribution in [2.24, 2.45) is 0 Å². The highest BCUT2D eigenvalue weighted by molar-refractivity contribution is 6.02. The lowest BCUT2D eigenvalue weighted by Crippen LogP contribution is -2.10. The van der Waals surface area contributed by atoms with Crippen LogP contribution in [0.2, 0.25) is 0 Å². The number of nitrogens with one attached hydrogen (secondary N) is 2. The summed E-state index contributed by atoms with van der Waals surface area (Å²) in [4.78, 5) is 23.4. The molecule has 0 saturated carbocycles. The first-order valence-corrected chi connectivity index (χ1v) is 7.87. The van der Waals surface area contributed by atoms with Crippen LogP contribution in [-0.4, -0.2) is 25.5 Å². The van der Waals surface area contributed by atoms with Gasteiger partial charge in [-0.25, -0.2) is 0 Å². The molecule has 0 atom stereocenters. The van der Waals surface area contributed by atoms with Crippen molar-refractivity contribution in [2.75, 3.05) is 17.7 Å². The van der Waals surface area contributed by atoms with Gasteiger partial charge in [-0.15, -0.1) is 0 Å². The molecule has 8 heteroatoms. The zero-order valence-electron chi connectivity index (χ0n) is 14.7. The first kappa shape index (κ1) is 19.9. The Balaban J connectivity index is 2.12.